The zero-order chi connectivity index (χ0) is 19.1. The lowest BCUT2D eigenvalue weighted by Crippen LogP contribution is -3.11. The molecule has 0 radical (unpaired) electrons. The number of alkyl carbamates (subject to hydrolysis) is 1. The maximum absolute atomic E-state index is 13.1. The number of hydrogen-bond acceptors (Lipinski definition) is 5. The van der Waals surface area contributed by atoms with E-state index in [4.69, 9.17) is 9.26 Å². The minimum atomic E-state index is -0.746. The average Bonchev–Trinajstić information content (AvgIpc) is 2.95. The Morgan fingerprint density at radius 1 is 1.27 bits per heavy atom. The van der Waals surface area contributed by atoms with Crippen LogP contribution in [-0.4, -0.2) is 36.9 Å². The standard InChI is InChI=1S/C18H22FN3O4/c1-4-22(11-16(23)20-18(24)25-5-2)10-15-12(3)17(26-21-15)13-6-8-14(19)9-7-13/h6-9H,4-5,10-11H2,1-3H3,(H,20,23,24)/p+1. The van der Waals surface area contributed by atoms with Crippen molar-refractivity contribution in [3.05, 3.63) is 41.3 Å². The summed E-state index contributed by atoms with van der Waals surface area (Å²) < 4.78 is 23.2. The maximum Gasteiger partial charge on any atom is 0.414 e. The number of benzene rings is 1. The summed E-state index contributed by atoms with van der Waals surface area (Å²) >= 11 is 0. The fourth-order valence-corrected chi connectivity index (χ4v) is 2.51. The van der Waals surface area contributed by atoms with Crippen LogP contribution in [0.4, 0.5) is 9.18 Å². The number of rotatable bonds is 7. The van der Waals surface area contributed by atoms with Gasteiger partial charge in [0.25, 0.3) is 5.91 Å². The van der Waals surface area contributed by atoms with Crippen molar-refractivity contribution in [2.45, 2.75) is 27.3 Å². The molecule has 8 heteroatoms. The van der Waals surface area contributed by atoms with Gasteiger partial charge in [0.2, 0.25) is 0 Å². The van der Waals surface area contributed by atoms with Crippen molar-refractivity contribution >= 4 is 12.0 Å². The molecule has 0 spiro atoms. The molecule has 0 saturated heterocycles. The number of carbonyl (C=O) groups is 2. The monoisotopic (exact) mass is 364 g/mol. The van der Waals surface area contributed by atoms with Crippen LogP contribution >= 0.6 is 0 Å². The predicted molar refractivity (Wildman–Crippen MR) is 91.9 cm³/mol. The fraction of sp³-hybridized carbons (Fsp3) is 0.389. The van der Waals surface area contributed by atoms with Gasteiger partial charge in [0, 0.05) is 11.1 Å². The highest BCUT2D eigenvalue weighted by Gasteiger charge is 2.21. The Labute approximate surface area is 151 Å². The van der Waals surface area contributed by atoms with Gasteiger partial charge in [-0.2, -0.15) is 0 Å². The molecule has 0 saturated carbocycles. The van der Waals surface area contributed by atoms with E-state index in [1.54, 1.807) is 19.1 Å². The van der Waals surface area contributed by atoms with Gasteiger partial charge in [0.15, 0.2) is 12.3 Å². The average molecular weight is 364 g/mol. The van der Waals surface area contributed by atoms with E-state index in [2.05, 4.69) is 10.5 Å². The Balaban J connectivity index is 2.03. The first-order valence-electron chi connectivity index (χ1n) is 8.45. The minimum Gasteiger partial charge on any atom is -0.450 e. The second kappa shape index (κ2) is 9.10. The molecule has 140 valence electrons. The van der Waals surface area contributed by atoms with Crippen LogP contribution in [0.15, 0.2) is 28.8 Å². The van der Waals surface area contributed by atoms with E-state index in [1.807, 2.05) is 13.8 Å². The molecular weight excluding hydrogens is 341 g/mol. The van der Waals surface area contributed by atoms with E-state index in [1.165, 1.54) is 12.1 Å². The number of imide groups is 1. The number of halogens is 1. The van der Waals surface area contributed by atoms with Crippen LogP contribution < -0.4 is 10.2 Å². The number of quaternary nitrogens is 1. The molecule has 1 heterocycles. The van der Waals surface area contributed by atoms with E-state index >= 15 is 0 Å². The summed E-state index contributed by atoms with van der Waals surface area (Å²) in [5, 5.41) is 6.27. The van der Waals surface area contributed by atoms with Crippen molar-refractivity contribution in [3.63, 3.8) is 0 Å². The zero-order valence-corrected chi connectivity index (χ0v) is 15.1. The van der Waals surface area contributed by atoms with Crippen molar-refractivity contribution in [3.8, 4) is 11.3 Å². The SMILES string of the molecule is CCOC(=O)NC(=O)C[NH+](CC)Cc1noc(-c2ccc(F)cc2)c1C. The van der Waals surface area contributed by atoms with Crippen LogP contribution in [0, 0.1) is 12.7 Å². The highest BCUT2D eigenvalue weighted by atomic mass is 19.1. The van der Waals surface area contributed by atoms with E-state index in [9.17, 15) is 14.0 Å². The highest BCUT2D eigenvalue weighted by Crippen LogP contribution is 2.25. The molecule has 1 atom stereocenters. The molecule has 26 heavy (non-hydrogen) atoms. The van der Waals surface area contributed by atoms with Crippen molar-refractivity contribution in [1.82, 2.24) is 10.5 Å². The summed E-state index contributed by atoms with van der Waals surface area (Å²) in [4.78, 5) is 24.1. The molecule has 2 N–H and O–H groups in total. The summed E-state index contributed by atoms with van der Waals surface area (Å²) in [6.07, 6.45) is -0.746. The second-order valence-corrected chi connectivity index (χ2v) is 5.82. The quantitative estimate of drug-likeness (QED) is 0.777. The molecule has 2 rings (SSSR count). The fourth-order valence-electron chi connectivity index (χ4n) is 2.51. The second-order valence-electron chi connectivity index (χ2n) is 5.82. The van der Waals surface area contributed by atoms with Gasteiger partial charge in [0.1, 0.15) is 18.1 Å². The summed E-state index contributed by atoms with van der Waals surface area (Å²) in [5.41, 5.74) is 2.29. The Morgan fingerprint density at radius 2 is 1.96 bits per heavy atom. The maximum atomic E-state index is 13.1. The van der Waals surface area contributed by atoms with E-state index < -0.39 is 12.0 Å². The third kappa shape index (κ3) is 5.13. The number of nitrogens with one attached hydrogen (secondary N) is 2. The van der Waals surface area contributed by atoms with Crippen molar-refractivity contribution in [1.29, 1.82) is 0 Å². The summed E-state index contributed by atoms with van der Waals surface area (Å²) in [6, 6.07) is 5.98. The molecule has 1 aromatic heterocycles. The molecular formula is C18H23FN3O4+. The van der Waals surface area contributed by atoms with Gasteiger partial charge in [0.05, 0.1) is 13.2 Å². The zero-order valence-electron chi connectivity index (χ0n) is 15.1. The molecule has 7 nitrogen and oxygen atoms in total. The first-order chi connectivity index (χ1) is 12.4. The Kier molecular flexibility index (Phi) is 6.85. The topological polar surface area (TPSA) is 85.9 Å². The summed E-state index contributed by atoms with van der Waals surface area (Å²) in [7, 11) is 0. The Hall–Kier alpha value is -2.74. The molecule has 0 bridgehead atoms. The van der Waals surface area contributed by atoms with Crippen LogP contribution in [-0.2, 0) is 16.1 Å². The highest BCUT2D eigenvalue weighted by molar-refractivity contribution is 5.92. The first-order valence-corrected chi connectivity index (χ1v) is 8.45. The van der Waals surface area contributed by atoms with E-state index in [0.29, 0.717) is 24.5 Å². The summed E-state index contributed by atoms with van der Waals surface area (Å²) in [6.45, 7) is 6.90. The third-order valence-corrected chi connectivity index (χ3v) is 3.97. The summed E-state index contributed by atoms with van der Waals surface area (Å²) in [5.74, 6) is -0.160. The Morgan fingerprint density at radius 3 is 2.58 bits per heavy atom. The van der Waals surface area contributed by atoms with Gasteiger partial charge in [-0.3, -0.25) is 10.1 Å². The van der Waals surface area contributed by atoms with Crippen LogP contribution in [0.2, 0.25) is 0 Å². The van der Waals surface area contributed by atoms with Gasteiger partial charge in [-0.25, -0.2) is 9.18 Å². The largest absolute Gasteiger partial charge is 0.450 e. The van der Waals surface area contributed by atoms with Crippen molar-refractivity contribution in [2.75, 3.05) is 19.7 Å². The lowest BCUT2D eigenvalue weighted by atomic mass is 10.1. The molecule has 0 fully saturated rings. The van der Waals surface area contributed by atoms with E-state index in [0.717, 1.165) is 16.0 Å². The lowest BCUT2D eigenvalue weighted by Gasteiger charge is -2.15. The molecule has 0 aliphatic heterocycles. The number of ether oxygens (including phenoxy) is 1. The van der Waals surface area contributed by atoms with Gasteiger partial charge >= 0.3 is 6.09 Å². The molecule has 2 aromatic rings. The number of likely N-dealkylation sites (N-methyl/N-ethyl adjacent to an activating group) is 1. The molecule has 1 aromatic carbocycles. The third-order valence-electron chi connectivity index (χ3n) is 3.97. The molecule has 0 aliphatic carbocycles. The van der Waals surface area contributed by atoms with Crippen molar-refractivity contribution in [2.24, 2.45) is 0 Å². The van der Waals surface area contributed by atoms with Gasteiger partial charge in [-0.1, -0.05) is 5.16 Å². The first kappa shape index (κ1) is 19.6. The smallest absolute Gasteiger partial charge is 0.414 e. The molecule has 2 amide bonds. The number of carbonyl (C=O) groups excluding carboxylic acids is 2. The number of aromatic nitrogens is 1. The number of hydrogen-bond donors (Lipinski definition) is 2. The van der Waals surface area contributed by atoms with Crippen LogP contribution in [0.25, 0.3) is 11.3 Å². The van der Waals surface area contributed by atoms with Gasteiger partial charge in [-0.05, 0) is 45.0 Å². The van der Waals surface area contributed by atoms with Crippen LogP contribution in [0.1, 0.15) is 25.1 Å². The van der Waals surface area contributed by atoms with Gasteiger partial charge < -0.3 is 14.2 Å². The van der Waals surface area contributed by atoms with Crippen LogP contribution in [0.5, 0.6) is 0 Å². The minimum absolute atomic E-state index is 0.105. The lowest BCUT2D eigenvalue weighted by molar-refractivity contribution is -0.904. The molecule has 1 unspecified atom stereocenters. The molecule has 0 aliphatic rings. The Bertz CT molecular complexity index is 758. The van der Waals surface area contributed by atoms with Gasteiger partial charge in [-0.15, -0.1) is 0 Å². The van der Waals surface area contributed by atoms with Crippen LogP contribution in [0.3, 0.4) is 0 Å². The normalized spacial score (nSPS) is 11.8. The number of nitrogens with zero attached hydrogens (tertiary/aromatic N) is 1. The van der Waals surface area contributed by atoms with Crippen molar-refractivity contribution < 1.29 is 28.1 Å². The predicted octanol–water partition coefficient (Wildman–Crippen LogP) is 1.47. The van der Waals surface area contributed by atoms with E-state index in [-0.39, 0.29) is 19.0 Å². The number of amides is 2.